The van der Waals surface area contributed by atoms with Gasteiger partial charge in [-0.2, -0.15) is 0 Å². The van der Waals surface area contributed by atoms with Crippen LogP contribution < -0.4 is 16.0 Å². The molecule has 4 N–H and O–H groups in total. The van der Waals surface area contributed by atoms with Crippen LogP contribution in [0, 0.1) is 0 Å². The Hall–Kier alpha value is -4.77. The molecule has 10 nitrogen and oxygen atoms in total. The number of hydrogen-bond donors (Lipinski definition) is 4. The molecule has 218 valence electrons. The molecule has 1 atom stereocenters. The molecular weight excluding hydrogens is 556 g/mol. The standard InChI is InChI=1S/C31H32N4O6S/c1-35-25-15-7-5-12-22(25)18-26(35)30(39)34-24(14-9-17-32-31(40)41-19-21-10-3-2-4-11-21)29(38)33-23-13-6-8-16-27(23)42-20-28(36)37/h2-8,10-13,15-16,18,24H,9,14,17,19-20H2,1H3,(H,32,40)(H,33,38)(H,34,39)(H,36,37)/t24-/m0/s1. The number of carbonyl (C=O) groups excluding carboxylic acids is 3. The molecule has 4 rings (SSSR count). The molecule has 0 radical (unpaired) electrons. The number of nitrogens with one attached hydrogen (secondary N) is 3. The molecular formula is C31H32N4O6S. The van der Waals surface area contributed by atoms with E-state index in [4.69, 9.17) is 9.84 Å². The Balaban J connectivity index is 1.41. The number of benzene rings is 3. The van der Waals surface area contributed by atoms with Gasteiger partial charge < -0.3 is 30.4 Å². The number of carbonyl (C=O) groups is 4. The first-order valence-electron chi connectivity index (χ1n) is 13.4. The normalized spacial score (nSPS) is 11.5. The summed E-state index contributed by atoms with van der Waals surface area (Å²) in [6.45, 7) is 0.366. The molecule has 0 aliphatic rings. The number of nitrogens with zero attached hydrogens (tertiary/aromatic N) is 1. The van der Waals surface area contributed by atoms with Crippen molar-refractivity contribution in [3.63, 3.8) is 0 Å². The molecule has 1 heterocycles. The Morgan fingerprint density at radius 1 is 0.952 bits per heavy atom. The molecule has 4 aromatic rings. The summed E-state index contributed by atoms with van der Waals surface area (Å²) < 4.78 is 7.00. The molecule has 0 saturated carbocycles. The number of aromatic nitrogens is 1. The van der Waals surface area contributed by atoms with Gasteiger partial charge in [-0.05, 0) is 42.7 Å². The Kier molecular flexibility index (Phi) is 10.6. The lowest BCUT2D eigenvalue weighted by Gasteiger charge is -2.20. The van der Waals surface area contributed by atoms with E-state index in [9.17, 15) is 19.2 Å². The van der Waals surface area contributed by atoms with Gasteiger partial charge in [-0.1, -0.05) is 60.7 Å². The van der Waals surface area contributed by atoms with E-state index < -0.39 is 29.9 Å². The van der Waals surface area contributed by atoms with Crippen molar-refractivity contribution < 1.29 is 29.0 Å². The van der Waals surface area contributed by atoms with Crippen LogP contribution in [0.3, 0.4) is 0 Å². The minimum absolute atomic E-state index is 0.137. The number of aliphatic carboxylic acids is 1. The Bertz CT molecular complexity index is 1560. The van der Waals surface area contributed by atoms with Crippen LogP contribution >= 0.6 is 11.8 Å². The van der Waals surface area contributed by atoms with Gasteiger partial charge in [0.25, 0.3) is 5.91 Å². The van der Waals surface area contributed by atoms with Gasteiger partial charge in [0, 0.05) is 29.4 Å². The summed E-state index contributed by atoms with van der Waals surface area (Å²) in [5, 5.41) is 18.3. The van der Waals surface area contributed by atoms with E-state index in [1.807, 2.05) is 54.6 Å². The second-order valence-corrected chi connectivity index (χ2v) is 10.5. The maximum atomic E-state index is 13.4. The van der Waals surface area contributed by atoms with E-state index in [0.29, 0.717) is 22.7 Å². The molecule has 0 saturated heterocycles. The minimum Gasteiger partial charge on any atom is -0.481 e. The summed E-state index contributed by atoms with van der Waals surface area (Å²) in [6, 6.07) is 24.6. The summed E-state index contributed by atoms with van der Waals surface area (Å²) in [4.78, 5) is 50.6. The Morgan fingerprint density at radius 3 is 2.43 bits per heavy atom. The lowest BCUT2D eigenvalue weighted by atomic mass is 10.1. The van der Waals surface area contributed by atoms with Gasteiger partial charge >= 0.3 is 12.1 Å². The largest absolute Gasteiger partial charge is 0.481 e. The summed E-state index contributed by atoms with van der Waals surface area (Å²) in [6.07, 6.45) is 0.0256. The van der Waals surface area contributed by atoms with Crippen LogP contribution in [0.5, 0.6) is 0 Å². The quantitative estimate of drug-likeness (QED) is 0.130. The van der Waals surface area contributed by atoms with Crippen molar-refractivity contribution in [2.45, 2.75) is 30.4 Å². The lowest BCUT2D eigenvalue weighted by Crippen LogP contribution is -2.44. The van der Waals surface area contributed by atoms with Crippen LogP contribution in [0.4, 0.5) is 10.5 Å². The maximum absolute atomic E-state index is 13.4. The zero-order valence-corrected chi connectivity index (χ0v) is 23.9. The number of thioether (sulfide) groups is 1. The third-order valence-corrected chi connectivity index (χ3v) is 7.51. The van der Waals surface area contributed by atoms with Crippen LogP contribution in [0.2, 0.25) is 0 Å². The van der Waals surface area contributed by atoms with Crippen molar-refractivity contribution in [1.29, 1.82) is 0 Å². The number of aryl methyl sites for hydroxylation is 1. The van der Waals surface area contributed by atoms with Crippen molar-refractivity contribution in [2.75, 3.05) is 17.6 Å². The van der Waals surface area contributed by atoms with Gasteiger partial charge in [0.2, 0.25) is 5.91 Å². The van der Waals surface area contributed by atoms with E-state index in [1.54, 1.807) is 41.9 Å². The molecule has 3 amide bonds. The molecule has 1 aromatic heterocycles. The average molecular weight is 589 g/mol. The van der Waals surface area contributed by atoms with E-state index in [2.05, 4.69) is 16.0 Å². The van der Waals surface area contributed by atoms with E-state index in [-0.39, 0.29) is 25.3 Å². The zero-order chi connectivity index (χ0) is 29.9. The Morgan fingerprint density at radius 2 is 1.67 bits per heavy atom. The number of rotatable bonds is 13. The van der Waals surface area contributed by atoms with Crippen molar-refractivity contribution in [3.8, 4) is 0 Å². The predicted octanol–water partition coefficient (Wildman–Crippen LogP) is 4.80. The topological polar surface area (TPSA) is 139 Å². The van der Waals surface area contributed by atoms with E-state index in [1.165, 1.54) is 0 Å². The molecule has 3 aromatic carbocycles. The first-order valence-corrected chi connectivity index (χ1v) is 14.3. The molecule has 0 unspecified atom stereocenters. The van der Waals surface area contributed by atoms with Crippen molar-refractivity contribution >= 4 is 52.2 Å². The number of amides is 3. The van der Waals surface area contributed by atoms with Gasteiger partial charge in [-0.25, -0.2) is 4.79 Å². The molecule has 0 aliphatic carbocycles. The number of carboxylic acid groups (broad SMARTS) is 1. The fourth-order valence-corrected chi connectivity index (χ4v) is 5.06. The van der Waals surface area contributed by atoms with E-state index >= 15 is 0 Å². The molecule has 0 aliphatic heterocycles. The monoisotopic (exact) mass is 588 g/mol. The maximum Gasteiger partial charge on any atom is 0.407 e. The summed E-state index contributed by atoms with van der Waals surface area (Å²) in [5.41, 5.74) is 2.59. The number of fused-ring (bicyclic) bond motifs is 1. The second-order valence-electron chi connectivity index (χ2n) is 9.47. The SMILES string of the molecule is Cn1c(C(=O)N[C@@H](CCCNC(=O)OCc2ccccc2)C(=O)Nc2ccccc2SCC(=O)O)cc2ccccc21. The highest BCUT2D eigenvalue weighted by molar-refractivity contribution is 8.00. The zero-order valence-electron chi connectivity index (χ0n) is 23.0. The highest BCUT2D eigenvalue weighted by Gasteiger charge is 2.24. The summed E-state index contributed by atoms with van der Waals surface area (Å²) >= 11 is 1.09. The Labute approximate surface area is 247 Å². The number of para-hydroxylation sites is 2. The van der Waals surface area contributed by atoms with Gasteiger partial charge in [0.1, 0.15) is 18.3 Å². The van der Waals surface area contributed by atoms with Gasteiger partial charge in [0.15, 0.2) is 0 Å². The van der Waals surface area contributed by atoms with Gasteiger partial charge in [0.05, 0.1) is 11.4 Å². The van der Waals surface area contributed by atoms with Crippen LogP contribution in [0.15, 0.2) is 89.8 Å². The molecule has 11 heteroatoms. The molecule has 42 heavy (non-hydrogen) atoms. The number of anilines is 1. The number of hydrogen-bond acceptors (Lipinski definition) is 6. The first kappa shape index (κ1) is 30.2. The fourth-order valence-electron chi connectivity index (χ4n) is 4.33. The first-order chi connectivity index (χ1) is 20.3. The van der Waals surface area contributed by atoms with Gasteiger partial charge in [-0.3, -0.25) is 14.4 Å². The smallest absolute Gasteiger partial charge is 0.407 e. The molecule has 0 spiro atoms. The summed E-state index contributed by atoms with van der Waals surface area (Å²) in [5.74, 6) is -2.02. The van der Waals surface area contributed by atoms with Crippen LogP contribution in [-0.2, 0) is 28.0 Å². The van der Waals surface area contributed by atoms with Crippen molar-refractivity contribution in [3.05, 3.63) is 96.2 Å². The van der Waals surface area contributed by atoms with Crippen LogP contribution in [0.25, 0.3) is 10.9 Å². The third-order valence-electron chi connectivity index (χ3n) is 6.45. The molecule has 0 fully saturated rings. The number of ether oxygens (including phenoxy) is 1. The lowest BCUT2D eigenvalue weighted by molar-refractivity contribution is -0.133. The summed E-state index contributed by atoms with van der Waals surface area (Å²) in [7, 11) is 1.78. The molecule has 0 bridgehead atoms. The highest BCUT2D eigenvalue weighted by Crippen LogP contribution is 2.27. The van der Waals surface area contributed by atoms with Crippen LogP contribution in [0.1, 0.15) is 28.9 Å². The predicted molar refractivity (Wildman–Crippen MR) is 161 cm³/mol. The van der Waals surface area contributed by atoms with Crippen molar-refractivity contribution in [1.82, 2.24) is 15.2 Å². The van der Waals surface area contributed by atoms with Gasteiger partial charge in [-0.15, -0.1) is 11.8 Å². The third kappa shape index (κ3) is 8.37. The fraction of sp³-hybridized carbons (Fsp3) is 0.226. The average Bonchev–Trinajstić information content (AvgIpc) is 3.34. The highest BCUT2D eigenvalue weighted by atomic mass is 32.2. The van der Waals surface area contributed by atoms with Crippen LogP contribution in [-0.4, -0.2) is 51.9 Å². The minimum atomic E-state index is -0.976. The number of alkyl carbamates (subject to hydrolysis) is 1. The van der Waals surface area contributed by atoms with E-state index in [0.717, 1.165) is 28.2 Å². The second kappa shape index (κ2) is 14.7. The number of carboxylic acids is 1. The van der Waals surface area contributed by atoms with Crippen molar-refractivity contribution in [2.24, 2.45) is 7.05 Å².